The SMILES string of the molecule is CCCCOc1cc(NC(C)C)nc(C2CCCO2)n1. The first-order valence-corrected chi connectivity index (χ1v) is 7.59. The molecule has 1 fully saturated rings. The maximum Gasteiger partial charge on any atom is 0.218 e. The molecule has 1 aromatic rings. The van der Waals surface area contributed by atoms with Crippen LogP contribution >= 0.6 is 0 Å². The zero-order valence-corrected chi connectivity index (χ0v) is 12.7. The fourth-order valence-corrected chi connectivity index (χ4v) is 2.13. The van der Waals surface area contributed by atoms with Crippen molar-refractivity contribution in [3.63, 3.8) is 0 Å². The number of hydrogen-bond donors (Lipinski definition) is 1. The van der Waals surface area contributed by atoms with E-state index in [1.165, 1.54) is 0 Å². The summed E-state index contributed by atoms with van der Waals surface area (Å²) in [5.41, 5.74) is 0. The molecule has 0 bridgehead atoms. The summed E-state index contributed by atoms with van der Waals surface area (Å²) in [6, 6.07) is 2.19. The first-order chi connectivity index (χ1) is 9.69. The van der Waals surface area contributed by atoms with E-state index in [9.17, 15) is 0 Å². The van der Waals surface area contributed by atoms with E-state index >= 15 is 0 Å². The Morgan fingerprint density at radius 1 is 1.45 bits per heavy atom. The molecule has 0 aliphatic carbocycles. The van der Waals surface area contributed by atoms with Crippen molar-refractivity contribution in [2.45, 2.75) is 58.6 Å². The smallest absolute Gasteiger partial charge is 0.218 e. The molecule has 1 atom stereocenters. The van der Waals surface area contributed by atoms with E-state index in [4.69, 9.17) is 9.47 Å². The second kappa shape index (κ2) is 7.43. The van der Waals surface area contributed by atoms with Gasteiger partial charge in [-0.25, -0.2) is 4.98 Å². The molecule has 0 saturated carbocycles. The summed E-state index contributed by atoms with van der Waals surface area (Å²) < 4.78 is 11.4. The first-order valence-electron chi connectivity index (χ1n) is 7.59. The molecule has 0 amide bonds. The van der Waals surface area contributed by atoms with Crippen LogP contribution in [0.15, 0.2) is 6.07 Å². The molecular weight excluding hydrogens is 254 g/mol. The van der Waals surface area contributed by atoms with Gasteiger partial charge in [-0.1, -0.05) is 13.3 Å². The summed E-state index contributed by atoms with van der Waals surface area (Å²) in [7, 11) is 0. The van der Waals surface area contributed by atoms with Crippen LogP contribution in [0, 0.1) is 0 Å². The minimum absolute atomic E-state index is 0.0115. The highest BCUT2D eigenvalue weighted by molar-refractivity contribution is 5.39. The van der Waals surface area contributed by atoms with E-state index < -0.39 is 0 Å². The number of rotatable bonds is 7. The molecule has 1 aliphatic rings. The van der Waals surface area contributed by atoms with E-state index in [-0.39, 0.29) is 6.10 Å². The average Bonchev–Trinajstić information content (AvgIpc) is 2.92. The van der Waals surface area contributed by atoms with Crippen molar-refractivity contribution < 1.29 is 9.47 Å². The van der Waals surface area contributed by atoms with Crippen molar-refractivity contribution in [2.75, 3.05) is 18.5 Å². The van der Waals surface area contributed by atoms with Gasteiger partial charge in [-0.15, -0.1) is 0 Å². The van der Waals surface area contributed by atoms with Crippen molar-refractivity contribution in [1.82, 2.24) is 9.97 Å². The second-order valence-corrected chi connectivity index (χ2v) is 5.45. The summed E-state index contributed by atoms with van der Waals surface area (Å²) in [6.07, 6.45) is 4.21. The molecule has 0 radical (unpaired) electrons. The molecule has 0 aromatic carbocycles. The van der Waals surface area contributed by atoms with Crippen LogP contribution in [0.2, 0.25) is 0 Å². The van der Waals surface area contributed by atoms with Gasteiger partial charge in [-0.2, -0.15) is 4.98 Å². The van der Waals surface area contributed by atoms with E-state index in [0.29, 0.717) is 18.5 Å². The predicted octanol–water partition coefficient (Wildman–Crippen LogP) is 3.33. The van der Waals surface area contributed by atoms with Gasteiger partial charge in [0.05, 0.1) is 6.61 Å². The average molecular weight is 279 g/mol. The highest BCUT2D eigenvalue weighted by Crippen LogP contribution is 2.28. The minimum atomic E-state index is 0.0115. The molecule has 1 saturated heterocycles. The Kier molecular flexibility index (Phi) is 5.59. The Bertz CT molecular complexity index is 418. The third kappa shape index (κ3) is 4.34. The number of unbranched alkanes of at least 4 members (excludes halogenated alkanes) is 1. The van der Waals surface area contributed by atoms with Gasteiger partial charge in [0, 0.05) is 18.7 Å². The van der Waals surface area contributed by atoms with Gasteiger partial charge < -0.3 is 14.8 Å². The number of nitrogens with zero attached hydrogens (tertiary/aromatic N) is 2. The highest BCUT2D eigenvalue weighted by atomic mass is 16.5. The van der Waals surface area contributed by atoms with Crippen LogP contribution in [0.3, 0.4) is 0 Å². The molecule has 2 rings (SSSR count). The molecule has 1 aliphatic heterocycles. The van der Waals surface area contributed by atoms with Crippen LogP contribution in [0.5, 0.6) is 5.88 Å². The number of ether oxygens (including phenoxy) is 2. The van der Waals surface area contributed by atoms with Gasteiger partial charge in [-0.05, 0) is 33.1 Å². The zero-order valence-electron chi connectivity index (χ0n) is 12.7. The monoisotopic (exact) mass is 279 g/mol. The summed E-state index contributed by atoms with van der Waals surface area (Å²) in [5.74, 6) is 2.19. The molecular formula is C15H25N3O2. The maximum absolute atomic E-state index is 5.72. The quantitative estimate of drug-likeness (QED) is 0.776. The van der Waals surface area contributed by atoms with E-state index in [2.05, 4.69) is 36.1 Å². The number of nitrogens with one attached hydrogen (secondary N) is 1. The summed E-state index contributed by atoms with van der Waals surface area (Å²) in [6.45, 7) is 7.81. The lowest BCUT2D eigenvalue weighted by Gasteiger charge is -2.15. The minimum Gasteiger partial charge on any atom is -0.478 e. The Labute approximate surface area is 121 Å². The second-order valence-electron chi connectivity index (χ2n) is 5.45. The number of anilines is 1. The zero-order chi connectivity index (χ0) is 14.4. The summed E-state index contributed by atoms with van der Waals surface area (Å²) >= 11 is 0. The Morgan fingerprint density at radius 3 is 2.95 bits per heavy atom. The molecule has 0 spiro atoms. The van der Waals surface area contributed by atoms with Gasteiger partial charge >= 0.3 is 0 Å². The van der Waals surface area contributed by atoms with Crippen molar-refractivity contribution >= 4 is 5.82 Å². The third-order valence-corrected chi connectivity index (χ3v) is 3.12. The Hall–Kier alpha value is -1.36. The summed E-state index contributed by atoms with van der Waals surface area (Å²) in [5, 5.41) is 3.31. The molecule has 2 heterocycles. The van der Waals surface area contributed by atoms with E-state index in [0.717, 1.165) is 43.9 Å². The maximum atomic E-state index is 5.72. The molecule has 5 nitrogen and oxygen atoms in total. The largest absolute Gasteiger partial charge is 0.478 e. The summed E-state index contributed by atoms with van der Waals surface area (Å²) in [4.78, 5) is 9.05. The molecule has 1 N–H and O–H groups in total. The van der Waals surface area contributed by atoms with Crippen LogP contribution in [0.25, 0.3) is 0 Å². The van der Waals surface area contributed by atoms with E-state index in [1.807, 2.05) is 6.07 Å². The van der Waals surface area contributed by atoms with Gasteiger partial charge in [0.2, 0.25) is 5.88 Å². The Balaban J connectivity index is 2.14. The van der Waals surface area contributed by atoms with Crippen molar-refractivity contribution in [3.8, 4) is 5.88 Å². The van der Waals surface area contributed by atoms with Gasteiger partial charge in [0.15, 0.2) is 5.82 Å². The molecule has 20 heavy (non-hydrogen) atoms. The number of aromatic nitrogens is 2. The van der Waals surface area contributed by atoms with Gasteiger partial charge in [-0.3, -0.25) is 0 Å². The lowest BCUT2D eigenvalue weighted by atomic mass is 10.2. The molecule has 1 unspecified atom stereocenters. The van der Waals surface area contributed by atoms with Crippen LogP contribution in [0.4, 0.5) is 5.82 Å². The fourth-order valence-electron chi connectivity index (χ4n) is 2.13. The lowest BCUT2D eigenvalue weighted by Crippen LogP contribution is -2.14. The first kappa shape index (κ1) is 15.0. The van der Waals surface area contributed by atoms with Crippen LogP contribution in [-0.2, 0) is 4.74 Å². The lowest BCUT2D eigenvalue weighted by molar-refractivity contribution is 0.104. The van der Waals surface area contributed by atoms with Gasteiger partial charge in [0.25, 0.3) is 0 Å². The normalized spacial score (nSPS) is 18.5. The van der Waals surface area contributed by atoms with Gasteiger partial charge in [0.1, 0.15) is 11.9 Å². The van der Waals surface area contributed by atoms with Crippen molar-refractivity contribution in [3.05, 3.63) is 11.9 Å². The standard InChI is InChI=1S/C15H25N3O2/c1-4-5-8-20-14-10-13(16-11(2)3)17-15(18-14)12-7-6-9-19-12/h10-12H,4-9H2,1-3H3,(H,16,17,18). The van der Waals surface area contributed by atoms with Crippen molar-refractivity contribution in [1.29, 1.82) is 0 Å². The third-order valence-electron chi connectivity index (χ3n) is 3.12. The number of hydrogen-bond acceptors (Lipinski definition) is 5. The topological polar surface area (TPSA) is 56.3 Å². The van der Waals surface area contributed by atoms with Crippen LogP contribution in [-0.4, -0.2) is 29.2 Å². The predicted molar refractivity (Wildman–Crippen MR) is 79.1 cm³/mol. The van der Waals surface area contributed by atoms with Crippen molar-refractivity contribution in [2.24, 2.45) is 0 Å². The molecule has 5 heteroatoms. The fraction of sp³-hybridized carbons (Fsp3) is 0.733. The van der Waals surface area contributed by atoms with E-state index in [1.54, 1.807) is 0 Å². The van der Waals surface area contributed by atoms with Crippen LogP contribution < -0.4 is 10.1 Å². The highest BCUT2D eigenvalue weighted by Gasteiger charge is 2.22. The van der Waals surface area contributed by atoms with Crippen LogP contribution in [0.1, 0.15) is 58.4 Å². The Morgan fingerprint density at radius 2 is 2.30 bits per heavy atom. The molecule has 1 aromatic heterocycles. The molecule has 112 valence electrons.